The van der Waals surface area contributed by atoms with E-state index in [-0.39, 0.29) is 6.61 Å². The average Bonchev–Trinajstić information content (AvgIpc) is 2.30. The number of halogens is 1. The molecule has 0 aromatic heterocycles. The number of hydrogen-bond acceptors (Lipinski definition) is 2. The number of unbranched alkanes of at least 4 members (excludes halogenated alkanes) is 1. The minimum atomic E-state index is -0.00235. The van der Waals surface area contributed by atoms with Crippen molar-refractivity contribution in [1.82, 2.24) is 0 Å². The highest BCUT2D eigenvalue weighted by Crippen LogP contribution is 2.27. The van der Waals surface area contributed by atoms with Gasteiger partial charge in [0.15, 0.2) is 0 Å². The van der Waals surface area contributed by atoms with Gasteiger partial charge in [-0.3, -0.25) is 0 Å². The van der Waals surface area contributed by atoms with Crippen molar-refractivity contribution < 1.29 is 5.11 Å². The van der Waals surface area contributed by atoms with Gasteiger partial charge in [0, 0.05) is 29.4 Å². The van der Waals surface area contributed by atoms with Gasteiger partial charge in [0.2, 0.25) is 0 Å². The molecule has 0 aliphatic heterocycles. The van der Waals surface area contributed by atoms with Crippen LogP contribution in [0.3, 0.4) is 0 Å². The molecule has 1 aromatic carbocycles. The van der Waals surface area contributed by atoms with Crippen molar-refractivity contribution in [3.63, 3.8) is 0 Å². The Morgan fingerprint density at radius 3 is 2.62 bits per heavy atom. The first-order chi connectivity index (χ1) is 7.74. The summed E-state index contributed by atoms with van der Waals surface area (Å²) in [5, 5.41) is 10.0. The summed E-state index contributed by atoms with van der Waals surface area (Å²) in [6, 6.07) is 5.78. The highest BCUT2D eigenvalue weighted by atomic mass is 35.5. The lowest BCUT2D eigenvalue weighted by atomic mass is 10.1. The summed E-state index contributed by atoms with van der Waals surface area (Å²) >= 11 is 6.08. The van der Waals surface area contributed by atoms with Gasteiger partial charge < -0.3 is 10.0 Å². The molecule has 0 unspecified atom stereocenters. The standard InChI is InChI=1S/C13H20ClNO/c1-3-5-9-15(4-2)13-8-6-7-12(14)11(13)10-16/h6-8,16H,3-5,9-10H2,1-2H3. The summed E-state index contributed by atoms with van der Waals surface area (Å²) in [4.78, 5) is 2.26. The van der Waals surface area contributed by atoms with Gasteiger partial charge in [-0.2, -0.15) is 0 Å². The van der Waals surface area contributed by atoms with E-state index in [1.807, 2.05) is 18.2 Å². The number of aliphatic hydroxyl groups excluding tert-OH is 1. The fraction of sp³-hybridized carbons (Fsp3) is 0.538. The van der Waals surface area contributed by atoms with Gasteiger partial charge >= 0.3 is 0 Å². The molecular weight excluding hydrogens is 222 g/mol. The Kier molecular flexibility index (Phi) is 5.64. The Morgan fingerprint density at radius 2 is 2.06 bits per heavy atom. The first-order valence-electron chi connectivity index (χ1n) is 5.87. The van der Waals surface area contributed by atoms with Crippen LogP contribution < -0.4 is 4.90 Å². The summed E-state index contributed by atoms with van der Waals surface area (Å²) in [7, 11) is 0. The SMILES string of the molecule is CCCCN(CC)c1cccc(Cl)c1CO. The largest absolute Gasteiger partial charge is 0.392 e. The van der Waals surface area contributed by atoms with E-state index in [9.17, 15) is 5.11 Å². The van der Waals surface area contributed by atoms with Crippen molar-refractivity contribution in [2.45, 2.75) is 33.3 Å². The molecule has 0 saturated heterocycles. The van der Waals surface area contributed by atoms with Gasteiger partial charge in [-0.05, 0) is 25.5 Å². The topological polar surface area (TPSA) is 23.5 Å². The van der Waals surface area contributed by atoms with Crippen LogP contribution in [0.5, 0.6) is 0 Å². The molecule has 1 rings (SSSR count). The van der Waals surface area contributed by atoms with E-state index >= 15 is 0 Å². The lowest BCUT2D eigenvalue weighted by Crippen LogP contribution is -2.25. The summed E-state index contributed by atoms with van der Waals surface area (Å²) in [6.07, 6.45) is 2.33. The molecule has 16 heavy (non-hydrogen) atoms. The van der Waals surface area contributed by atoms with Gasteiger partial charge in [-0.15, -0.1) is 0 Å². The Bertz CT molecular complexity index is 328. The maximum absolute atomic E-state index is 9.36. The third-order valence-corrected chi connectivity index (χ3v) is 3.11. The molecule has 0 spiro atoms. The van der Waals surface area contributed by atoms with Gasteiger partial charge in [-0.25, -0.2) is 0 Å². The maximum Gasteiger partial charge on any atom is 0.0716 e. The molecule has 90 valence electrons. The van der Waals surface area contributed by atoms with E-state index in [2.05, 4.69) is 18.7 Å². The normalized spacial score (nSPS) is 10.5. The zero-order valence-corrected chi connectivity index (χ0v) is 10.8. The van der Waals surface area contributed by atoms with E-state index in [0.29, 0.717) is 5.02 Å². The van der Waals surface area contributed by atoms with E-state index in [4.69, 9.17) is 11.6 Å². The Morgan fingerprint density at radius 1 is 1.31 bits per heavy atom. The summed E-state index contributed by atoms with van der Waals surface area (Å²) in [5.41, 5.74) is 1.90. The molecule has 1 aromatic rings. The summed E-state index contributed by atoms with van der Waals surface area (Å²) in [6.45, 7) is 6.25. The van der Waals surface area contributed by atoms with Crippen LogP contribution >= 0.6 is 11.6 Å². The predicted octanol–water partition coefficient (Wildman–Crippen LogP) is 3.46. The Balaban J connectivity index is 2.94. The molecule has 1 N–H and O–H groups in total. The first kappa shape index (κ1) is 13.3. The van der Waals surface area contributed by atoms with Crippen LogP contribution in [-0.2, 0) is 6.61 Å². The molecule has 0 heterocycles. The highest BCUT2D eigenvalue weighted by Gasteiger charge is 2.11. The molecular formula is C13H20ClNO. The van der Waals surface area contributed by atoms with Crippen LogP contribution in [0.2, 0.25) is 5.02 Å². The van der Waals surface area contributed by atoms with Crippen LogP contribution in [0.4, 0.5) is 5.69 Å². The number of hydrogen-bond donors (Lipinski definition) is 1. The fourth-order valence-corrected chi connectivity index (χ4v) is 2.03. The number of rotatable bonds is 6. The minimum Gasteiger partial charge on any atom is -0.392 e. The second-order valence-electron chi connectivity index (χ2n) is 3.83. The van der Waals surface area contributed by atoms with Crippen molar-refractivity contribution >= 4 is 17.3 Å². The minimum absolute atomic E-state index is 0.00235. The molecule has 0 aliphatic carbocycles. The Hall–Kier alpha value is -0.730. The highest BCUT2D eigenvalue weighted by molar-refractivity contribution is 6.31. The monoisotopic (exact) mass is 241 g/mol. The molecule has 0 saturated carbocycles. The third kappa shape index (κ3) is 3.13. The first-order valence-corrected chi connectivity index (χ1v) is 6.25. The van der Waals surface area contributed by atoms with E-state index < -0.39 is 0 Å². The summed E-state index contributed by atoms with van der Waals surface area (Å²) in [5.74, 6) is 0. The maximum atomic E-state index is 9.36. The van der Waals surface area contributed by atoms with E-state index in [0.717, 1.165) is 30.8 Å². The van der Waals surface area contributed by atoms with Crippen LogP contribution in [-0.4, -0.2) is 18.2 Å². The van der Waals surface area contributed by atoms with Crippen LogP contribution in [0.15, 0.2) is 18.2 Å². The van der Waals surface area contributed by atoms with Crippen LogP contribution in [0.1, 0.15) is 32.3 Å². The van der Waals surface area contributed by atoms with E-state index in [1.165, 1.54) is 6.42 Å². The lowest BCUT2D eigenvalue weighted by molar-refractivity contribution is 0.282. The zero-order chi connectivity index (χ0) is 12.0. The van der Waals surface area contributed by atoms with Gasteiger partial charge in [0.05, 0.1) is 6.61 Å². The van der Waals surface area contributed by atoms with Gasteiger partial charge in [0.1, 0.15) is 0 Å². The smallest absolute Gasteiger partial charge is 0.0716 e. The molecule has 3 heteroatoms. The fourth-order valence-electron chi connectivity index (χ4n) is 1.80. The predicted molar refractivity (Wildman–Crippen MR) is 70.2 cm³/mol. The molecule has 0 bridgehead atoms. The molecule has 0 radical (unpaired) electrons. The number of aliphatic hydroxyl groups is 1. The van der Waals surface area contributed by atoms with E-state index in [1.54, 1.807) is 0 Å². The van der Waals surface area contributed by atoms with Gasteiger partial charge in [-0.1, -0.05) is 31.0 Å². The number of anilines is 1. The molecule has 0 amide bonds. The van der Waals surface area contributed by atoms with Crippen LogP contribution in [0.25, 0.3) is 0 Å². The van der Waals surface area contributed by atoms with Crippen molar-refractivity contribution in [1.29, 1.82) is 0 Å². The van der Waals surface area contributed by atoms with Crippen molar-refractivity contribution in [2.75, 3.05) is 18.0 Å². The quantitative estimate of drug-likeness (QED) is 0.825. The van der Waals surface area contributed by atoms with Crippen molar-refractivity contribution in [3.8, 4) is 0 Å². The molecule has 2 nitrogen and oxygen atoms in total. The second kappa shape index (κ2) is 6.77. The van der Waals surface area contributed by atoms with Crippen LogP contribution in [0, 0.1) is 0 Å². The van der Waals surface area contributed by atoms with Crippen molar-refractivity contribution in [3.05, 3.63) is 28.8 Å². The molecule has 0 aliphatic rings. The van der Waals surface area contributed by atoms with Gasteiger partial charge in [0.25, 0.3) is 0 Å². The molecule has 0 fully saturated rings. The zero-order valence-electron chi connectivity index (χ0n) is 10.0. The second-order valence-corrected chi connectivity index (χ2v) is 4.24. The summed E-state index contributed by atoms with van der Waals surface area (Å²) < 4.78 is 0. The average molecular weight is 242 g/mol. The Labute approximate surface area is 103 Å². The lowest BCUT2D eigenvalue weighted by Gasteiger charge is -2.25. The molecule has 0 atom stereocenters. The number of benzene rings is 1. The number of nitrogens with zero attached hydrogens (tertiary/aromatic N) is 1. The third-order valence-electron chi connectivity index (χ3n) is 2.76. The van der Waals surface area contributed by atoms with Crippen molar-refractivity contribution in [2.24, 2.45) is 0 Å².